The van der Waals surface area contributed by atoms with Crippen LogP contribution in [0.1, 0.15) is 26.2 Å². The Morgan fingerprint density at radius 2 is 2.38 bits per heavy atom. The molecule has 3 atom stereocenters. The monoisotopic (exact) mass is 230 g/mol. The van der Waals surface area contributed by atoms with Crippen LogP contribution in [0.3, 0.4) is 0 Å². The van der Waals surface area contributed by atoms with E-state index in [4.69, 9.17) is 15.2 Å². The number of ether oxygens (including phenoxy) is 2. The van der Waals surface area contributed by atoms with E-state index >= 15 is 0 Å². The zero-order valence-electron chi connectivity index (χ0n) is 10.1. The van der Waals surface area contributed by atoms with Crippen molar-refractivity contribution < 1.29 is 14.3 Å². The molecule has 0 aromatic carbocycles. The Morgan fingerprint density at radius 1 is 1.62 bits per heavy atom. The van der Waals surface area contributed by atoms with E-state index in [0.717, 1.165) is 19.3 Å². The number of nitrogens with two attached hydrogens (primary N) is 1. The van der Waals surface area contributed by atoms with Crippen LogP contribution in [0.4, 0.5) is 0 Å². The molecule has 5 nitrogen and oxygen atoms in total. The summed E-state index contributed by atoms with van der Waals surface area (Å²) in [5.41, 5.74) is 5.47. The lowest BCUT2D eigenvalue weighted by molar-refractivity contribution is -0.132. The van der Waals surface area contributed by atoms with Gasteiger partial charge < -0.3 is 20.5 Å². The maximum absolute atomic E-state index is 11.8. The van der Waals surface area contributed by atoms with Gasteiger partial charge in [-0.05, 0) is 32.7 Å². The standard InChI is InChI=1S/C11H22N2O3/c1-8-3-4-10(16-8)11(14)13-9(5-6-12)7-15-2/h8-10H,3-7,12H2,1-2H3,(H,13,14). The minimum Gasteiger partial charge on any atom is -0.383 e. The SMILES string of the molecule is COCC(CCN)NC(=O)C1CCC(C)O1. The quantitative estimate of drug-likeness (QED) is 0.675. The first-order chi connectivity index (χ1) is 7.67. The Balaban J connectivity index is 2.35. The predicted molar refractivity (Wildman–Crippen MR) is 61.0 cm³/mol. The topological polar surface area (TPSA) is 73.6 Å². The molecule has 1 saturated heterocycles. The summed E-state index contributed by atoms with van der Waals surface area (Å²) in [7, 11) is 1.61. The van der Waals surface area contributed by atoms with Crippen LogP contribution < -0.4 is 11.1 Å². The van der Waals surface area contributed by atoms with E-state index in [-0.39, 0.29) is 24.2 Å². The highest BCUT2D eigenvalue weighted by Crippen LogP contribution is 2.19. The first-order valence-corrected chi connectivity index (χ1v) is 5.82. The average molecular weight is 230 g/mol. The molecular weight excluding hydrogens is 208 g/mol. The molecule has 1 aliphatic heterocycles. The van der Waals surface area contributed by atoms with Crippen molar-refractivity contribution in [2.24, 2.45) is 5.73 Å². The normalized spacial score (nSPS) is 26.7. The summed E-state index contributed by atoms with van der Waals surface area (Å²) in [6.07, 6.45) is 2.36. The van der Waals surface area contributed by atoms with Gasteiger partial charge >= 0.3 is 0 Å². The summed E-state index contributed by atoms with van der Waals surface area (Å²) in [5.74, 6) is -0.0418. The van der Waals surface area contributed by atoms with E-state index in [2.05, 4.69) is 5.32 Å². The molecule has 1 fully saturated rings. The van der Waals surface area contributed by atoms with Gasteiger partial charge in [0.2, 0.25) is 5.91 Å². The van der Waals surface area contributed by atoms with Crippen molar-refractivity contribution in [3.05, 3.63) is 0 Å². The second-order valence-corrected chi connectivity index (χ2v) is 4.25. The van der Waals surface area contributed by atoms with Gasteiger partial charge in [0.15, 0.2) is 0 Å². The predicted octanol–water partition coefficient (Wildman–Crippen LogP) is 0.0339. The number of hydrogen-bond acceptors (Lipinski definition) is 4. The zero-order chi connectivity index (χ0) is 12.0. The third-order valence-corrected chi connectivity index (χ3v) is 2.75. The van der Waals surface area contributed by atoms with Crippen molar-refractivity contribution in [2.75, 3.05) is 20.3 Å². The largest absolute Gasteiger partial charge is 0.383 e. The van der Waals surface area contributed by atoms with Gasteiger partial charge in [0.05, 0.1) is 18.8 Å². The van der Waals surface area contributed by atoms with Crippen LogP contribution in [0, 0.1) is 0 Å². The van der Waals surface area contributed by atoms with Gasteiger partial charge in [-0.3, -0.25) is 4.79 Å². The average Bonchev–Trinajstić information content (AvgIpc) is 2.65. The lowest BCUT2D eigenvalue weighted by Gasteiger charge is -2.19. The van der Waals surface area contributed by atoms with Crippen LogP contribution in [-0.2, 0) is 14.3 Å². The van der Waals surface area contributed by atoms with Crippen molar-refractivity contribution in [2.45, 2.75) is 44.4 Å². The summed E-state index contributed by atoms with van der Waals surface area (Å²) < 4.78 is 10.5. The molecule has 0 spiro atoms. The van der Waals surface area contributed by atoms with Crippen LogP contribution in [0.15, 0.2) is 0 Å². The fraction of sp³-hybridized carbons (Fsp3) is 0.909. The second-order valence-electron chi connectivity index (χ2n) is 4.25. The van der Waals surface area contributed by atoms with Crippen molar-refractivity contribution in [1.29, 1.82) is 0 Å². The van der Waals surface area contributed by atoms with E-state index in [1.54, 1.807) is 7.11 Å². The molecule has 1 heterocycles. The van der Waals surface area contributed by atoms with Crippen molar-refractivity contribution in [1.82, 2.24) is 5.32 Å². The lowest BCUT2D eigenvalue weighted by atomic mass is 10.1. The van der Waals surface area contributed by atoms with Gasteiger partial charge in [0.1, 0.15) is 6.10 Å². The number of nitrogens with one attached hydrogen (secondary N) is 1. The van der Waals surface area contributed by atoms with Gasteiger partial charge in [-0.1, -0.05) is 0 Å². The third-order valence-electron chi connectivity index (χ3n) is 2.75. The van der Waals surface area contributed by atoms with Crippen LogP contribution in [0.25, 0.3) is 0 Å². The third kappa shape index (κ3) is 4.08. The molecule has 0 aromatic heterocycles. The van der Waals surface area contributed by atoms with Crippen LogP contribution in [0.5, 0.6) is 0 Å². The van der Waals surface area contributed by atoms with Crippen molar-refractivity contribution >= 4 is 5.91 Å². The van der Waals surface area contributed by atoms with E-state index in [1.807, 2.05) is 6.92 Å². The van der Waals surface area contributed by atoms with Gasteiger partial charge in [0, 0.05) is 7.11 Å². The summed E-state index contributed by atoms with van der Waals surface area (Å²) in [5, 5.41) is 2.91. The van der Waals surface area contributed by atoms with E-state index in [1.165, 1.54) is 0 Å². The molecule has 1 rings (SSSR count). The molecule has 5 heteroatoms. The highest BCUT2D eigenvalue weighted by molar-refractivity contribution is 5.81. The smallest absolute Gasteiger partial charge is 0.249 e. The Bertz CT molecular complexity index is 217. The first-order valence-electron chi connectivity index (χ1n) is 5.82. The molecule has 0 aliphatic carbocycles. The van der Waals surface area contributed by atoms with Gasteiger partial charge in [-0.15, -0.1) is 0 Å². The number of hydrogen-bond donors (Lipinski definition) is 2. The first kappa shape index (κ1) is 13.4. The van der Waals surface area contributed by atoms with E-state index < -0.39 is 0 Å². The summed E-state index contributed by atoms with van der Waals surface area (Å²) in [6, 6.07) is -0.0120. The number of carbonyl (C=O) groups excluding carboxylic acids is 1. The van der Waals surface area contributed by atoms with Crippen molar-refractivity contribution in [3.63, 3.8) is 0 Å². The zero-order valence-corrected chi connectivity index (χ0v) is 10.1. The maximum atomic E-state index is 11.8. The lowest BCUT2D eigenvalue weighted by Crippen LogP contribution is -2.44. The van der Waals surface area contributed by atoms with Gasteiger partial charge in [-0.25, -0.2) is 0 Å². The minimum atomic E-state index is -0.299. The highest BCUT2D eigenvalue weighted by atomic mass is 16.5. The molecule has 3 unspecified atom stereocenters. The Kier molecular flexibility index (Phi) is 5.73. The molecule has 16 heavy (non-hydrogen) atoms. The van der Waals surface area contributed by atoms with Crippen LogP contribution >= 0.6 is 0 Å². The van der Waals surface area contributed by atoms with Gasteiger partial charge in [0.25, 0.3) is 0 Å². The number of methoxy groups -OCH3 is 1. The molecular formula is C11H22N2O3. The minimum absolute atomic E-state index is 0.0120. The molecule has 3 N–H and O–H groups in total. The molecule has 0 aromatic rings. The van der Waals surface area contributed by atoms with Crippen molar-refractivity contribution in [3.8, 4) is 0 Å². The Morgan fingerprint density at radius 3 is 2.88 bits per heavy atom. The second kappa shape index (κ2) is 6.83. The van der Waals surface area contributed by atoms with Crippen LogP contribution in [-0.4, -0.2) is 44.4 Å². The van der Waals surface area contributed by atoms with E-state index in [0.29, 0.717) is 13.2 Å². The molecule has 0 bridgehead atoms. The van der Waals surface area contributed by atoms with Crippen LogP contribution in [0.2, 0.25) is 0 Å². The molecule has 1 amide bonds. The van der Waals surface area contributed by atoms with E-state index in [9.17, 15) is 4.79 Å². The molecule has 0 saturated carbocycles. The maximum Gasteiger partial charge on any atom is 0.249 e. The fourth-order valence-electron chi connectivity index (χ4n) is 1.89. The summed E-state index contributed by atoms with van der Waals surface area (Å²) >= 11 is 0. The molecule has 1 aliphatic rings. The Labute approximate surface area is 96.7 Å². The fourth-order valence-corrected chi connectivity index (χ4v) is 1.89. The van der Waals surface area contributed by atoms with Gasteiger partial charge in [-0.2, -0.15) is 0 Å². The summed E-state index contributed by atoms with van der Waals surface area (Å²) in [6.45, 7) is 3.02. The molecule has 0 radical (unpaired) electrons. The number of amides is 1. The molecule has 94 valence electrons. The number of rotatable bonds is 6. The highest BCUT2D eigenvalue weighted by Gasteiger charge is 2.29. The number of carbonyl (C=O) groups is 1. The summed E-state index contributed by atoms with van der Waals surface area (Å²) in [4.78, 5) is 11.8. The Hall–Kier alpha value is -0.650.